The van der Waals surface area contributed by atoms with Gasteiger partial charge in [0.2, 0.25) is 0 Å². The summed E-state index contributed by atoms with van der Waals surface area (Å²) in [5.74, 6) is -0.0670. The van der Waals surface area contributed by atoms with E-state index < -0.39 is 0 Å². The lowest BCUT2D eigenvalue weighted by molar-refractivity contribution is 0.0897. The molecule has 2 aromatic carbocycles. The van der Waals surface area contributed by atoms with Crippen LogP contribution in [0.2, 0.25) is 0 Å². The van der Waals surface area contributed by atoms with Crippen LogP contribution in [0, 0.1) is 0 Å². The highest BCUT2D eigenvalue weighted by molar-refractivity contribution is 5.99. The maximum Gasteiger partial charge on any atom is 0.253 e. The van der Waals surface area contributed by atoms with Gasteiger partial charge in [-0.2, -0.15) is 0 Å². The van der Waals surface area contributed by atoms with Crippen LogP contribution in [0.3, 0.4) is 0 Å². The van der Waals surface area contributed by atoms with Crippen molar-refractivity contribution in [3.05, 3.63) is 65.7 Å². The SMILES string of the molecule is CC(c1ccccc1)N1CCC(NC(=O)c2ccccc2N)CC1. The quantitative estimate of drug-likeness (QED) is 0.849. The van der Waals surface area contributed by atoms with E-state index in [1.165, 1.54) is 5.56 Å². The van der Waals surface area contributed by atoms with Crippen molar-refractivity contribution in [1.82, 2.24) is 10.2 Å². The maximum atomic E-state index is 12.4. The zero-order chi connectivity index (χ0) is 16.9. The fraction of sp³-hybridized carbons (Fsp3) is 0.350. The van der Waals surface area contributed by atoms with Crippen molar-refractivity contribution in [1.29, 1.82) is 0 Å². The Hall–Kier alpha value is -2.33. The Morgan fingerprint density at radius 3 is 2.38 bits per heavy atom. The van der Waals surface area contributed by atoms with Crippen molar-refractivity contribution >= 4 is 11.6 Å². The third-order valence-electron chi connectivity index (χ3n) is 4.90. The second-order valence-corrected chi connectivity index (χ2v) is 6.46. The Morgan fingerprint density at radius 2 is 1.71 bits per heavy atom. The molecular weight excluding hydrogens is 298 g/mol. The lowest BCUT2D eigenvalue weighted by Gasteiger charge is -2.36. The van der Waals surface area contributed by atoms with Gasteiger partial charge in [-0.05, 0) is 37.5 Å². The fourth-order valence-corrected chi connectivity index (χ4v) is 3.34. The topological polar surface area (TPSA) is 58.4 Å². The van der Waals surface area contributed by atoms with Crippen LogP contribution in [0.1, 0.15) is 41.7 Å². The van der Waals surface area contributed by atoms with Gasteiger partial charge in [0, 0.05) is 30.9 Å². The number of carbonyl (C=O) groups is 1. The van der Waals surface area contributed by atoms with Crippen molar-refractivity contribution in [3.63, 3.8) is 0 Å². The van der Waals surface area contributed by atoms with Crippen molar-refractivity contribution in [2.75, 3.05) is 18.8 Å². The lowest BCUT2D eigenvalue weighted by atomic mass is 10.00. The van der Waals surface area contributed by atoms with E-state index in [1.54, 1.807) is 12.1 Å². The first-order valence-corrected chi connectivity index (χ1v) is 8.59. The molecule has 0 aromatic heterocycles. The number of benzene rings is 2. The number of nitrogens with two attached hydrogens (primary N) is 1. The Balaban J connectivity index is 1.54. The summed E-state index contributed by atoms with van der Waals surface area (Å²) in [6, 6.07) is 18.4. The first kappa shape index (κ1) is 16.5. The lowest BCUT2D eigenvalue weighted by Crippen LogP contribution is -2.45. The van der Waals surface area contributed by atoms with Gasteiger partial charge in [0.1, 0.15) is 0 Å². The van der Waals surface area contributed by atoms with E-state index in [0.717, 1.165) is 25.9 Å². The number of hydrogen-bond acceptors (Lipinski definition) is 3. The molecule has 1 unspecified atom stereocenters. The predicted octanol–water partition coefficient (Wildman–Crippen LogP) is 3.22. The molecule has 24 heavy (non-hydrogen) atoms. The molecule has 4 heteroatoms. The van der Waals surface area contributed by atoms with E-state index in [-0.39, 0.29) is 11.9 Å². The predicted molar refractivity (Wildman–Crippen MR) is 97.8 cm³/mol. The fourth-order valence-electron chi connectivity index (χ4n) is 3.34. The number of para-hydroxylation sites is 1. The van der Waals surface area contributed by atoms with Crippen molar-refractivity contribution in [2.45, 2.75) is 31.8 Å². The summed E-state index contributed by atoms with van der Waals surface area (Å²) in [6.07, 6.45) is 1.94. The van der Waals surface area contributed by atoms with Crippen LogP contribution >= 0.6 is 0 Å². The van der Waals surface area contributed by atoms with Gasteiger partial charge in [-0.1, -0.05) is 42.5 Å². The second-order valence-electron chi connectivity index (χ2n) is 6.46. The highest BCUT2D eigenvalue weighted by Crippen LogP contribution is 2.24. The van der Waals surface area contributed by atoms with Crippen molar-refractivity contribution in [2.24, 2.45) is 0 Å². The van der Waals surface area contributed by atoms with Crippen LogP contribution in [0.4, 0.5) is 5.69 Å². The van der Waals surface area contributed by atoms with Crippen LogP contribution in [0.25, 0.3) is 0 Å². The molecule has 1 amide bonds. The van der Waals surface area contributed by atoms with Crippen LogP contribution < -0.4 is 11.1 Å². The number of nitrogens with one attached hydrogen (secondary N) is 1. The van der Waals surface area contributed by atoms with Gasteiger partial charge in [0.05, 0.1) is 5.56 Å². The molecule has 1 aliphatic rings. The number of carbonyl (C=O) groups excluding carboxylic acids is 1. The number of nitrogens with zero attached hydrogens (tertiary/aromatic N) is 1. The van der Waals surface area contributed by atoms with Gasteiger partial charge < -0.3 is 11.1 Å². The molecule has 2 aromatic rings. The van der Waals surface area contributed by atoms with E-state index >= 15 is 0 Å². The van der Waals surface area contributed by atoms with Gasteiger partial charge >= 0.3 is 0 Å². The van der Waals surface area contributed by atoms with E-state index in [9.17, 15) is 4.79 Å². The summed E-state index contributed by atoms with van der Waals surface area (Å²) < 4.78 is 0. The van der Waals surface area contributed by atoms with Crippen molar-refractivity contribution in [3.8, 4) is 0 Å². The number of nitrogen functional groups attached to an aromatic ring is 1. The number of amides is 1. The van der Waals surface area contributed by atoms with Gasteiger partial charge in [-0.3, -0.25) is 9.69 Å². The molecule has 0 saturated carbocycles. The van der Waals surface area contributed by atoms with Crippen molar-refractivity contribution < 1.29 is 4.79 Å². The molecule has 3 rings (SSSR count). The number of anilines is 1. The smallest absolute Gasteiger partial charge is 0.253 e. The largest absolute Gasteiger partial charge is 0.398 e. The molecule has 3 N–H and O–H groups in total. The minimum atomic E-state index is -0.0670. The van der Waals surface area contributed by atoms with E-state index in [2.05, 4.69) is 41.4 Å². The summed E-state index contributed by atoms with van der Waals surface area (Å²) in [7, 11) is 0. The number of piperidine rings is 1. The average Bonchev–Trinajstić information content (AvgIpc) is 2.63. The summed E-state index contributed by atoms with van der Waals surface area (Å²) in [4.78, 5) is 14.8. The molecule has 126 valence electrons. The molecular formula is C20H25N3O. The zero-order valence-corrected chi connectivity index (χ0v) is 14.1. The molecule has 0 bridgehead atoms. The molecule has 0 aliphatic carbocycles. The van der Waals surface area contributed by atoms with Gasteiger partial charge in [-0.15, -0.1) is 0 Å². The zero-order valence-electron chi connectivity index (χ0n) is 14.1. The molecule has 1 fully saturated rings. The molecule has 1 saturated heterocycles. The third kappa shape index (κ3) is 3.77. The van der Waals surface area contributed by atoms with E-state index in [4.69, 9.17) is 5.73 Å². The molecule has 4 nitrogen and oxygen atoms in total. The Morgan fingerprint density at radius 1 is 1.08 bits per heavy atom. The average molecular weight is 323 g/mol. The molecule has 0 radical (unpaired) electrons. The first-order chi connectivity index (χ1) is 11.6. The molecule has 1 aliphatic heterocycles. The Labute approximate surface area is 143 Å². The monoisotopic (exact) mass is 323 g/mol. The first-order valence-electron chi connectivity index (χ1n) is 8.59. The minimum Gasteiger partial charge on any atom is -0.398 e. The highest BCUT2D eigenvalue weighted by Gasteiger charge is 2.25. The van der Waals surface area contributed by atoms with Gasteiger partial charge in [0.25, 0.3) is 5.91 Å². The number of rotatable bonds is 4. The molecule has 1 atom stereocenters. The number of likely N-dealkylation sites (tertiary alicyclic amines) is 1. The van der Waals surface area contributed by atoms with Crippen LogP contribution in [0.5, 0.6) is 0 Å². The summed E-state index contributed by atoms with van der Waals surface area (Å²) in [5.41, 5.74) is 8.33. The number of hydrogen-bond donors (Lipinski definition) is 2. The Kier molecular flexibility index (Phi) is 5.16. The summed E-state index contributed by atoms with van der Waals surface area (Å²) in [5, 5.41) is 3.13. The summed E-state index contributed by atoms with van der Waals surface area (Å²) in [6.45, 7) is 4.23. The van der Waals surface area contributed by atoms with Crippen LogP contribution in [-0.2, 0) is 0 Å². The van der Waals surface area contributed by atoms with Crippen LogP contribution in [-0.4, -0.2) is 29.9 Å². The maximum absolute atomic E-state index is 12.4. The van der Waals surface area contributed by atoms with E-state index in [0.29, 0.717) is 17.3 Å². The molecule has 0 spiro atoms. The normalized spacial score (nSPS) is 17.4. The van der Waals surface area contributed by atoms with Gasteiger partial charge in [-0.25, -0.2) is 0 Å². The van der Waals surface area contributed by atoms with Gasteiger partial charge in [0.15, 0.2) is 0 Å². The van der Waals surface area contributed by atoms with E-state index in [1.807, 2.05) is 18.2 Å². The summed E-state index contributed by atoms with van der Waals surface area (Å²) >= 11 is 0. The van der Waals surface area contributed by atoms with Crippen LogP contribution in [0.15, 0.2) is 54.6 Å². The third-order valence-corrected chi connectivity index (χ3v) is 4.90. The Bertz CT molecular complexity index is 678. The second kappa shape index (κ2) is 7.49. The molecule has 1 heterocycles. The highest BCUT2D eigenvalue weighted by atomic mass is 16.1. The standard InChI is InChI=1S/C20H25N3O/c1-15(16-7-3-2-4-8-16)23-13-11-17(12-14-23)22-20(24)18-9-5-6-10-19(18)21/h2-10,15,17H,11-14,21H2,1H3,(H,22,24). The minimum absolute atomic E-state index is 0.0670.